The molecule has 1 amide bonds. The first kappa shape index (κ1) is 19.4. The van der Waals surface area contributed by atoms with Gasteiger partial charge >= 0.3 is 0 Å². The third-order valence-corrected chi connectivity index (χ3v) is 6.22. The highest BCUT2D eigenvalue weighted by molar-refractivity contribution is 7.88. The van der Waals surface area contributed by atoms with Crippen LogP contribution in [0, 0.1) is 0 Å². The normalized spacial score (nSPS) is 22.3. The van der Waals surface area contributed by atoms with Crippen LogP contribution in [0.4, 0.5) is 0 Å². The van der Waals surface area contributed by atoms with Crippen molar-refractivity contribution in [3.8, 4) is 5.75 Å². The topological polar surface area (TPSA) is 84.9 Å². The number of nitrogens with one attached hydrogen (secondary N) is 1. The van der Waals surface area contributed by atoms with Crippen molar-refractivity contribution in [2.45, 2.75) is 31.4 Å². The van der Waals surface area contributed by atoms with Crippen molar-refractivity contribution in [1.82, 2.24) is 9.62 Å². The first-order valence-electron chi connectivity index (χ1n) is 8.63. The molecule has 2 fully saturated rings. The quantitative estimate of drug-likeness (QED) is 0.809. The van der Waals surface area contributed by atoms with Gasteiger partial charge in [-0.2, -0.15) is 0 Å². The minimum absolute atomic E-state index is 0.0391. The predicted octanol–water partition coefficient (Wildman–Crippen LogP) is 1.66. The van der Waals surface area contributed by atoms with Crippen molar-refractivity contribution in [1.29, 1.82) is 0 Å². The van der Waals surface area contributed by atoms with Gasteiger partial charge < -0.3 is 14.8 Å². The van der Waals surface area contributed by atoms with Gasteiger partial charge in [-0.15, -0.1) is 0 Å². The minimum Gasteiger partial charge on any atom is -0.489 e. The molecule has 0 radical (unpaired) electrons. The second-order valence-electron chi connectivity index (χ2n) is 6.66. The molecule has 1 N–H and O–H groups in total. The van der Waals surface area contributed by atoms with E-state index in [0.717, 1.165) is 6.42 Å². The Balaban J connectivity index is 1.57. The second kappa shape index (κ2) is 8.12. The van der Waals surface area contributed by atoms with Crippen LogP contribution in [0.2, 0.25) is 5.02 Å². The zero-order chi connectivity index (χ0) is 18.7. The third kappa shape index (κ3) is 4.88. The molecule has 1 aromatic carbocycles. The number of nitrogens with zero attached hydrogens (tertiary/aromatic N) is 1. The number of carbonyl (C=O) groups excluding carboxylic acids is 1. The molecular weight excluding hydrogens is 380 g/mol. The third-order valence-electron chi connectivity index (χ3n) is 4.62. The Bertz CT molecular complexity index is 756. The fourth-order valence-corrected chi connectivity index (χ4v) is 4.22. The fourth-order valence-electron chi connectivity index (χ4n) is 3.12. The van der Waals surface area contributed by atoms with Gasteiger partial charge in [0.2, 0.25) is 10.0 Å². The number of halogens is 1. The van der Waals surface area contributed by atoms with Gasteiger partial charge in [0, 0.05) is 25.3 Å². The maximum absolute atomic E-state index is 12.3. The van der Waals surface area contributed by atoms with Gasteiger partial charge in [-0.05, 0) is 37.5 Å². The second-order valence-corrected chi connectivity index (χ2v) is 9.05. The van der Waals surface area contributed by atoms with Crippen LogP contribution in [-0.2, 0) is 14.8 Å². The molecule has 0 bridgehead atoms. The number of amides is 1. The van der Waals surface area contributed by atoms with E-state index in [9.17, 15) is 13.2 Å². The zero-order valence-electron chi connectivity index (χ0n) is 14.6. The molecule has 9 heteroatoms. The van der Waals surface area contributed by atoms with Crippen LogP contribution < -0.4 is 10.1 Å². The van der Waals surface area contributed by atoms with Gasteiger partial charge in [-0.3, -0.25) is 4.79 Å². The van der Waals surface area contributed by atoms with E-state index in [1.165, 1.54) is 10.6 Å². The first-order valence-corrected chi connectivity index (χ1v) is 10.9. The lowest BCUT2D eigenvalue weighted by Gasteiger charge is -2.30. The summed E-state index contributed by atoms with van der Waals surface area (Å²) in [4.78, 5) is 12.3. The lowest BCUT2D eigenvalue weighted by atomic mass is 10.1. The Morgan fingerprint density at radius 2 is 2.04 bits per heavy atom. The number of ether oxygens (including phenoxy) is 2. The maximum atomic E-state index is 12.3. The smallest absolute Gasteiger partial charge is 0.251 e. The number of piperidine rings is 1. The molecule has 2 aliphatic rings. The summed E-state index contributed by atoms with van der Waals surface area (Å²) in [5.41, 5.74) is 0.473. The molecule has 0 unspecified atom stereocenters. The monoisotopic (exact) mass is 402 g/mol. The van der Waals surface area contributed by atoms with Gasteiger partial charge in [0.15, 0.2) is 0 Å². The lowest BCUT2D eigenvalue weighted by molar-refractivity contribution is 0.0930. The van der Waals surface area contributed by atoms with E-state index in [2.05, 4.69) is 5.32 Å². The lowest BCUT2D eigenvalue weighted by Crippen LogP contribution is -2.41. The maximum Gasteiger partial charge on any atom is 0.251 e. The standard InChI is InChI=1S/C17H23ClN2O5S/c1-26(22,23)20-7-4-14(5-8-20)25-16-3-2-12(10-15(16)18)17(21)19-13-6-9-24-11-13/h2-3,10,13-14H,4-9,11H2,1H3,(H,19,21)/t13-/m1/s1. The zero-order valence-corrected chi connectivity index (χ0v) is 16.2. The molecule has 2 aliphatic heterocycles. The van der Waals surface area contributed by atoms with Crippen LogP contribution in [-0.4, -0.2) is 63.3 Å². The summed E-state index contributed by atoms with van der Waals surface area (Å²) in [5, 5.41) is 3.28. The highest BCUT2D eigenvalue weighted by atomic mass is 35.5. The molecule has 0 aliphatic carbocycles. The molecular formula is C17H23ClN2O5S. The van der Waals surface area contributed by atoms with E-state index in [1.54, 1.807) is 18.2 Å². The largest absolute Gasteiger partial charge is 0.489 e. The van der Waals surface area contributed by atoms with Gasteiger partial charge in [0.25, 0.3) is 5.91 Å². The molecule has 1 atom stereocenters. The Hall–Kier alpha value is -1.35. The summed E-state index contributed by atoms with van der Waals surface area (Å²) in [6, 6.07) is 4.99. The molecule has 2 saturated heterocycles. The Kier molecular flexibility index (Phi) is 6.06. The van der Waals surface area contributed by atoms with E-state index in [0.29, 0.717) is 55.5 Å². The van der Waals surface area contributed by atoms with Crippen molar-refractivity contribution in [2.24, 2.45) is 0 Å². The molecule has 0 spiro atoms. The van der Waals surface area contributed by atoms with E-state index < -0.39 is 10.0 Å². The molecule has 7 nitrogen and oxygen atoms in total. The minimum atomic E-state index is -3.16. The highest BCUT2D eigenvalue weighted by Crippen LogP contribution is 2.29. The first-order chi connectivity index (χ1) is 12.3. The van der Waals surface area contributed by atoms with Crippen molar-refractivity contribution >= 4 is 27.5 Å². The molecule has 26 heavy (non-hydrogen) atoms. The number of hydrogen-bond acceptors (Lipinski definition) is 5. The van der Waals surface area contributed by atoms with Crippen LogP contribution in [0.3, 0.4) is 0 Å². The number of rotatable bonds is 5. The Morgan fingerprint density at radius 3 is 2.62 bits per heavy atom. The van der Waals surface area contributed by atoms with E-state index in [4.69, 9.17) is 21.1 Å². The number of carbonyl (C=O) groups is 1. The van der Waals surface area contributed by atoms with Gasteiger partial charge in [-0.1, -0.05) is 11.6 Å². The summed E-state index contributed by atoms with van der Waals surface area (Å²) >= 11 is 6.27. The molecule has 0 saturated carbocycles. The average molecular weight is 403 g/mol. The van der Waals surface area contributed by atoms with Crippen LogP contribution >= 0.6 is 11.6 Å². The van der Waals surface area contributed by atoms with E-state index in [-0.39, 0.29) is 18.1 Å². The predicted molar refractivity (Wildman–Crippen MR) is 98.2 cm³/mol. The van der Waals surface area contributed by atoms with Crippen LogP contribution in [0.5, 0.6) is 5.75 Å². The summed E-state index contributed by atoms with van der Waals surface area (Å²) < 4.78 is 35.7. The van der Waals surface area contributed by atoms with Crippen LogP contribution in [0.1, 0.15) is 29.6 Å². The Morgan fingerprint density at radius 1 is 1.31 bits per heavy atom. The summed E-state index contributed by atoms with van der Waals surface area (Å²) in [5.74, 6) is 0.320. The molecule has 2 heterocycles. The number of hydrogen-bond donors (Lipinski definition) is 1. The van der Waals surface area contributed by atoms with Crippen LogP contribution in [0.15, 0.2) is 18.2 Å². The van der Waals surface area contributed by atoms with E-state index >= 15 is 0 Å². The van der Waals surface area contributed by atoms with Crippen molar-refractivity contribution in [3.05, 3.63) is 28.8 Å². The Labute approximate surface area is 158 Å². The van der Waals surface area contributed by atoms with Crippen molar-refractivity contribution in [3.63, 3.8) is 0 Å². The molecule has 144 valence electrons. The molecule has 3 rings (SSSR count). The molecule has 0 aromatic heterocycles. The highest BCUT2D eigenvalue weighted by Gasteiger charge is 2.26. The van der Waals surface area contributed by atoms with E-state index in [1.807, 2.05) is 0 Å². The van der Waals surface area contributed by atoms with Crippen LogP contribution in [0.25, 0.3) is 0 Å². The van der Waals surface area contributed by atoms with Crippen molar-refractivity contribution < 1.29 is 22.7 Å². The van der Waals surface area contributed by atoms with Gasteiger partial charge in [0.05, 0.1) is 23.9 Å². The van der Waals surface area contributed by atoms with Gasteiger partial charge in [-0.25, -0.2) is 12.7 Å². The molecule has 1 aromatic rings. The SMILES string of the molecule is CS(=O)(=O)N1CCC(Oc2ccc(C(=O)N[C@@H]3CCOC3)cc2Cl)CC1. The number of benzene rings is 1. The summed E-state index contributed by atoms with van der Waals surface area (Å²) in [6.07, 6.45) is 3.14. The summed E-state index contributed by atoms with van der Waals surface area (Å²) in [6.45, 7) is 2.07. The fraction of sp³-hybridized carbons (Fsp3) is 0.588. The van der Waals surface area contributed by atoms with Gasteiger partial charge in [0.1, 0.15) is 11.9 Å². The van der Waals surface area contributed by atoms with Crippen molar-refractivity contribution in [2.75, 3.05) is 32.6 Å². The number of sulfonamides is 1. The average Bonchev–Trinajstić information content (AvgIpc) is 3.09. The summed E-state index contributed by atoms with van der Waals surface area (Å²) in [7, 11) is -3.16.